The van der Waals surface area contributed by atoms with E-state index >= 15 is 0 Å². The lowest BCUT2D eigenvalue weighted by atomic mass is 10.2. The van der Waals surface area contributed by atoms with Crippen molar-refractivity contribution in [3.8, 4) is 0 Å². The maximum Gasteiger partial charge on any atom is 0.416 e. The van der Waals surface area contributed by atoms with E-state index in [1.165, 1.54) is 0 Å². The van der Waals surface area contributed by atoms with Crippen LogP contribution in [0.5, 0.6) is 0 Å². The number of sulfonamides is 1. The van der Waals surface area contributed by atoms with Crippen molar-refractivity contribution in [1.29, 1.82) is 0 Å². The average molecular weight is 324 g/mol. The summed E-state index contributed by atoms with van der Waals surface area (Å²) in [6.45, 7) is 0.516. The number of benzene rings is 1. The Balaban J connectivity index is 2.11. The largest absolute Gasteiger partial charge is 0.416 e. The van der Waals surface area contributed by atoms with Crippen LogP contribution in [-0.2, 0) is 20.9 Å². The molecule has 9 heteroatoms. The number of nitrogens with two attached hydrogens (primary N) is 1. The number of halogens is 3. The van der Waals surface area contributed by atoms with Crippen LogP contribution >= 0.6 is 0 Å². The molecule has 0 radical (unpaired) electrons. The van der Waals surface area contributed by atoms with Crippen molar-refractivity contribution < 1.29 is 26.3 Å². The van der Waals surface area contributed by atoms with Crippen LogP contribution in [0.15, 0.2) is 18.2 Å². The number of nitrogens with one attached hydrogen (secondary N) is 1. The van der Waals surface area contributed by atoms with Gasteiger partial charge in [0.1, 0.15) is 0 Å². The Kier molecular flexibility index (Phi) is 4.33. The first-order valence-electron chi connectivity index (χ1n) is 6.26. The van der Waals surface area contributed by atoms with Gasteiger partial charge in [0.15, 0.2) is 0 Å². The molecule has 2 rings (SSSR count). The third kappa shape index (κ3) is 4.24. The Morgan fingerprint density at radius 1 is 1.38 bits per heavy atom. The first kappa shape index (κ1) is 15.9. The molecule has 1 unspecified atom stereocenters. The lowest BCUT2D eigenvalue weighted by Crippen LogP contribution is -2.26. The molecular formula is C12H15F3N2O3S. The van der Waals surface area contributed by atoms with Crippen molar-refractivity contribution in [2.24, 2.45) is 0 Å². The molecule has 0 bridgehead atoms. The van der Waals surface area contributed by atoms with E-state index in [2.05, 4.69) is 4.72 Å². The quantitative estimate of drug-likeness (QED) is 0.832. The summed E-state index contributed by atoms with van der Waals surface area (Å²) in [6.07, 6.45) is -3.48. The van der Waals surface area contributed by atoms with Crippen LogP contribution in [0, 0.1) is 0 Å². The first-order valence-corrected chi connectivity index (χ1v) is 7.91. The molecule has 1 aromatic carbocycles. The van der Waals surface area contributed by atoms with Crippen LogP contribution in [0.4, 0.5) is 24.5 Å². The zero-order chi connectivity index (χ0) is 15.7. The van der Waals surface area contributed by atoms with Crippen molar-refractivity contribution in [3.05, 3.63) is 23.8 Å². The normalized spacial score (nSPS) is 19.7. The van der Waals surface area contributed by atoms with Crippen molar-refractivity contribution in [1.82, 2.24) is 0 Å². The molecule has 1 aliphatic heterocycles. The standard InChI is InChI=1S/C12H15F3N2O3S/c13-12(14,15)8-3-4-11(10(16)6-8)17-21(18,19)7-9-2-1-5-20-9/h3-4,6,9,17H,1-2,5,7,16H2. The van der Waals surface area contributed by atoms with E-state index in [-0.39, 0.29) is 17.1 Å². The van der Waals surface area contributed by atoms with E-state index < -0.39 is 27.9 Å². The summed E-state index contributed by atoms with van der Waals surface area (Å²) in [7, 11) is -3.73. The third-order valence-corrected chi connectivity index (χ3v) is 4.42. The summed E-state index contributed by atoms with van der Waals surface area (Å²) < 4.78 is 68.7. The summed E-state index contributed by atoms with van der Waals surface area (Å²) in [4.78, 5) is 0. The molecule has 5 nitrogen and oxygen atoms in total. The van der Waals surface area contributed by atoms with Gasteiger partial charge in [0.05, 0.1) is 28.8 Å². The molecule has 1 atom stereocenters. The number of anilines is 2. The molecule has 0 spiro atoms. The lowest BCUT2D eigenvalue weighted by molar-refractivity contribution is -0.137. The SMILES string of the molecule is Nc1cc(C(F)(F)F)ccc1NS(=O)(=O)CC1CCCO1. The Hall–Kier alpha value is -1.48. The van der Waals surface area contributed by atoms with Gasteiger partial charge in [-0.2, -0.15) is 13.2 Å². The molecular weight excluding hydrogens is 309 g/mol. The number of alkyl halides is 3. The summed E-state index contributed by atoms with van der Waals surface area (Å²) in [6, 6.07) is 2.48. The minimum absolute atomic E-state index is 0.0685. The van der Waals surface area contributed by atoms with Crippen molar-refractivity contribution >= 4 is 21.4 Å². The highest BCUT2D eigenvalue weighted by Crippen LogP contribution is 2.33. The van der Waals surface area contributed by atoms with E-state index in [0.717, 1.165) is 18.6 Å². The molecule has 0 aromatic heterocycles. The molecule has 1 fully saturated rings. The smallest absolute Gasteiger partial charge is 0.397 e. The number of hydrogen-bond acceptors (Lipinski definition) is 4. The first-order chi connectivity index (χ1) is 9.67. The fourth-order valence-electron chi connectivity index (χ4n) is 2.06. The second kappa shape index (κ2) is 5.72. The summed E-state index contributed by atoms with van der Waals surface area (Å²) >= 11 is 0. The van der Waals surface area contributed by atoms with Crippen molar-refractivity contribution in [2.75, 3.05) is 22.8 Å². The molecule has 1 aromatic rings. The predicted octanol–water partition coefficient (Wildman–Crippen LogP) is 2.21. The molecule has 1 heterocycles. The topological polar surface area (TPSA) is 81.4 Å². The van der Waals surface area contributed by atoms with Crippen LogP contribution in [0.3, 0.4) is 0 Å². The van der Waals surface area contributed by atoms with Gasteiger partial charge in [-0.15, -0.1) is 0 Å². The highest BCUT2D eigenvalue weighted by atomic mass is 32.2. The van der Waals surface area contributed by atoms with E-state index in [0.29, 0.717) is 19.1 Å². The zero-order valence-corrected chi connectivity index (χ0v) is 11.8. The Bertz CT molecular complexity index is 611. The van der Waals surface area contributed by atoms with Crippen molar-refractivity contribution in [2.45, 2.75) is 25.1 Å². The second-order valence-electron chi connectivity index (χ2n) is 4.82. The van der Waals surface area contributed by atoms with Gasteiger partial charge >= 0.3 is 6.18 Å². The van der Waals surface area contributed by atoms with Gasteiger partial charge in [-0.25, -0.2) is 8.42 Å². The summed E-state index contributed by atoms with van der Waals surface area (Å²) in [5.74, 6) is -0.243. The van der Waals surface area contributed by atoms with E-state index in [4.69, 9.17) is 10.5 Å². The molecule has 3 N–H and O–H groups in total. The van der Waals surface area contributed by atoms with E-state index in [1.807, 2.05) is 0 Å². The fourth-order valence-corrected chi connectivity index (χ4v) is 3.42. The lowest BCUT2D eigenvalue weighted by Gasteiger charge is -2.15. The van der Waals surface area contributed by atoms with Crippen LogP contribution in [0.25, 0.3) is 0 Å². The minimum Gasteiger partial charge on any atom is -0.397 e. The van der Waals surface area contributed by atoms with Crippen LogP contribution in [0.2, 0.25) is 0 Å². The van der Waals surface area contributed by atoms with Gasteiger partial charge in [-0.1, -0.05) is 0 Å². The van der Waals surface area contributed by atoms with Crippen molar-refractivity contribution in [3.63, 3.8) is 0 Å². The second-order valence-corrected chi connectivity index (χ2v) is 6.59. The maximum atomic E-state index is 12.5. The number of ether oxygens (including phenoxy) is 1. The molecule has 1 saturated heterocycles. The van der Waals surface area contributed by atoms with Crippen LogP contribution in [0.1, 0.15) is 18.4 Å². The summed E-state index contributed by atoms with van der Waals surface area (Å²) in [5, 5.41) is 0. The molecule has 1 aliphatic rings. The summed E-state index contributed by atoms with van der Waals surface area (Å²) in [5.41, 5.74) is 4.20. The Labute approximate surface area is 120 Å². The van der Waals surface area contributed by atoms with Gasteiger partial charge in [0.2, 0.25) is 10.0 Å². The van der Waals surface area contributed by atoms with E-state index in [1.54, 1.807) is 0 Å². The average Bonchev–Trinajstić information content (AvgIpc) is 2.82. The van der Waals surface area contributed by atoms with Gasteiger partial charge in [-0.05, 0) is 31.0 Å². The third-order valence-electron chi connectivity index (χ3n) is 3.07. The molecule has 0 aliphatic carbocycles. The fraction of sp³-hybridized carbons (Fsp3) is 0.500. The van der Waals surface area contributed by atoms with Crippen LogP contribution in [-0.4, -0.2) is 26.9 Å². The maximum absolute atomic E-state index is 12.5. The predicted molar refractivity (Wildman–Crippen MR) is 72.2 cm³/mol. The molecule has 21 heavy (non-hydrogen) atoms. The molecule has 0 saturated carbocycles. The zero-order valence-electron chi connectivity index (χ0n) is 11.0. The van der Waals surface area contributed by atoms with Crippen LogP contribution < -0.4 is 10.5 Å². The highest BCUT2D eigenvalue weighted by Gasteiger charge is 2.31. The highest BCUT2D eigenvalue weighted by molar-refractivity contribution is 7.92. The molecule has 118 valence electrons. The molecule has 0 amide bonds. The minimum atomic E-state index is -4.52. The van der Waals surface area contributed by atoms with Gasteiger partial charge < -0.3 is 10.5 Å². The number of hydrogen-bond donors (Lipinski definition) is 2. The van der Waals surface area contributed by atoms with Gasteiger partial charge in [0, 0.05) is 6.61 Å². The van der Waals surface area contributed by atoms with E-state index in [9.17, 15) is 21.6 Å². The number of nitrogen functional groups attached to an aromatic ring is 1. The number of rotatable bonds is 4. The van der Waals surface area contributed by atoms with Gasteiger partial charge in [-0.3, -0.25) is 4.72 Å². The monoisotopic (exact) mass is 324 g/mol. The van der Waals surface area contributed by atoms with Gasteiger partial charge in [0.25, 0.3) is 0 Å². The Morgan fingerprint density at radius 2 is 2.10 bits per heavy atom. The Morgan fingerprint density at radius 3 is 2.62 bits per heavy atom.